The average Bonchev–Trinajstić information content (AvgIpc) is 2.97. The van der Waals surface area contributed by atoms with Gasteiger partial charge in [0.2, 0.25) is 5.95 Å². The van der Waals surface area contributed by atoms with E-state index in [1.54, 1.807) is 7.11 Å². The summed E-state index contributed by atoms with van der Waals surface area (Å²) in [4.78, 5) is 6.79. The molecule has 1 saturated heterocycles. The van der Waals surface area contributed by atoms with Crippen molar-refractivity contribution in [2.45, 2.75) is 13.0 Å². The molecule has 1 aliphatic heterocycles. The predicted molar refractivity (Wildman–Crippen MR) is 78.0 cm³/mol. The zero-order chi connectivity index (χ0) is 13.9. The van der Waals surface area contributed by atoms with E-state index >= 15 is 0 Å². The smallest absolute Gasteiger partial charge is 0.245 e. The Balaban J connectivity index is 1.82. The van der Waals surface area contributed by atoms with Crippen molar-refractivity contribution in [1.29, 1.82) is 0 Å². The summed E-state index contributed by atoms with van der Waals surface area (Å²) in [5.41, 5.74) is 0.978. The van der Waals surface area contributed by atoms with Crippen molar-refractivity contribution < 1.29 is 4.74 Å². The topological polar surface area (TPSA) is 66.1 Å². The van der Waals surface area contributed by atoms with Crippen LogP contribution in [0.15, 0.2) is 24.3 Å². The third-order valence-corrected chi connectivity index (χ3v) is 3.47. The van der Waals surface area contributed by atoms with Gasteiger partial charge in [0.25, 0.3) is 0 Å². The highest BCUT2D eigenvalue weighted by Crippen LogP contribution is 2.22. The monoisotopic (exact) mass is 273 g/mol. The van der Waals surface area contributed by atoms with Crippen LogP contribution in [-0.2, 0) is 0 Å². The molecular weight excluding hydrogens is 254 g/mol. The molecule has 2 N–H and O–H groups in total. The Kier molecular flexibility index (Phi) is 3.56. The lowest BCUT2D eigenvalue weighted by Crippen LogP contribution is -2.49. The number of ether oxygens (including phenoxy) is 1. The highest BCUT2D eigenvalue weighted by molar-refractivity contribution is 5.58. The second kappa shape index (κ2) is 5.50. The molecule has 0 spiro atoms. The number of methoxy groups -OCH3 is 1. The third kappa shape index (κ3) is 2.60. The minimum atomic E-state index is 0.461. The molecule has 1 atom stereocenters. The van der Waals surface area contributed by atoms with E-state index in [2.05, 4.69) is 32.3 Å². The molecule has 20 heavy (non-hydrogen) atoms. The quantitative estimate of drug-likeness (QED) is 0.882. The van der Waals surface area contributed by atoms with Gasteiger partial charge < -0.3 is 15.0 Å². The zero-order valence-electron chi connectivity index (χ0n) is 11.8. The highest BCUT2D eigenvalue weighted by atomic mass is 16.5. The number of anilines is 1. The van der Waals surface area contributed by atoms with Gasteiger partial charge in [-0.05, 0) is 19.1 Å². The van der Waals surface area contributed by atoms with E-state index in [1.165, 1.54) is 0 Å². The van der Waals surface area contributed by atoms with Crippen LogP contribution in [-0.4, -0.2) is 48.0 Å². The highest BCUT2D eigenvalue weighted by Gasteiger charge is 2.19. The van der Waals surface area contributed by atoms with Gasteiger partial charge in [0, 0.05) is 31.2 Å². The normalized spacial score (nSPS) is 19.1. The number of hydrogen-bond acceptors (Lipinski definition) is 5. The summed E-state index contributed by atoms with van der Waals surface area (Å²) in [5, 5.41) is 10.7. The predicted octanol–water partition coefficient (Wildman–Crippen LogP) is 1.28. The number of piperazine rings is 1. The number of aromatic amines is 1. The number of aromatic nitrogens is 3. The molecule has 1 aromatic carbocycles. The largest absolute Gasteiger partial charge is 0.497 e. The number of nitrogens with one attached hydrogen (secondary N) is 2. The first-order valence-electron chi connectivity index (χ1n) is 6.81. The summed E-state index contributed by atoms with van der Waals surface area (Å²) in [6, 6.07) is 8.27. The average molecular weight is 273 g/mol. The lowest BCUT2D eigenvalue weighted by molar-refractivity contribution is 0.415. The molecule has 3 rings (SSSR count). The van der Waals surface area contributed by atoms with E-state index in [0.29, 0.717) is 6.04 Å². The Labute approximate surface area is 118 Å². The molecule has 0 bridgehead atoms. The lowest BCUT2D eigenvalue weighted by atomic mass is 10.2. The summed E-state index contributed by atoms with van der Waals surface area (Å²) < 4.78 is 5.23. The van der Waals surface area contributed by atoms with Crippen molar-refractivity contribution >= 4 is 5.95 Å². The molecule has 0 radical (unpaired) electrons. The Morgan fingerprint density at radius 2 is 2.30 bits per heavy atom. The fraction of sp³-hybridized carbons (Fsp3) is 0.429. The summed E-state index contributed by atoms with van der Waals surface area (Å²) in [7, 11) is 1.66. The van der Waals surface area contributed by atoms with Crippen LogP contribution in [0.3, 0.4) is 0 Å². The second-order valence-electron chi connectivity index (χ2n) is 5.02. The lowest BCUT2D eigenvalue weighted by Gasteiger charge is -2.30. The van der Waals surface area contributed by atoms with Crippen molar-refractivity contribution in [1.82, 2.24) is 20.5 Å². The minimum Gasteiger partial charge on any atom is -0.497 e. The number of hydrogen-bond donors (Lipinski definition) is 2. The fourth-order valence-corrected chi connectivity index (χ4v) is 2.41. The van der Waals surface area contributed by atoms with Gasteiger partial charge in [0.05, 0.1) is 7.11 Å². The first kappa shape index (κ1) is 12.9. The van der Waals surface area contributed by atoms with E-state index < -0.39 is 0 Å². The molecule has 0 aliphatic carbocycles. The zero-order valence-corrected chi connectivity index (χ0v) is 11.8. The van der Waals surface area contributed by atoms with Crippen molar-refractivity contribution in [3.05, 3.63) is 24.3 Å². The molecule has 6 nitrogen and oxygen atoms in total. The maximum Gasteiger partial charge on any atom is 0.245 e. The molecule has 1 aromatic heterocycles. The molecule has 1 fully saturated rings. The van der Waals surface area contributed by atoms with Crippen molar-refractivity contribution in [2.75, 3.05) is 31.6 Å². The van der Waals surface area contributed by atoms with Crippen LogP contribution >= 0.6 is 0 Å². The maximum absolute atomic E-state index is 5.23. The van der Waals surface area contributed by atoms with Crippen LogP contribution in [0.1, 0.15) is 6.92 Å². The van der Waals surface area contributed by atoms with Crippen molar-refractivity contribution in [2.24, 2.45) is 0 Å². The molecular formula is C14H19N5O. The number of benzene rings is 1. The van der Waals surface area contributed by atoms with Gasteiger partial charge in [0.1, 0.15) is 5.75 Å². The van der Waals surface area contributed by atoms with Gasteiger partial charge in [-0.2, -0.15) is 4.98 Å². The van der Waals surface area contributed by atoms with Crippen molar-refractivity contribution in [3.8, 4) is 17.1 Å². The molecule has 0 unspecified atom stereocenters. The minimum absolute atomic E-state index is 0.461. The van der Waals surface area contributed by atoms with Crippen LogP contribution in [0.25, 0.3) is 11.4 Å². The molecule has 6 heteroatoms. The fourth-order valence-electron chi connectivity index (χ4n) is 2.41. The van der Waals surface area contributed by atoms with E-state index in [-0.39, 0.29) is 0 Å². The van der Waals surface area contributed by atoms with E-state index in [1.807, 2.05) is 24.3 Å². The second-order valence-corrected chi connectivity index (χ2v) is 5.02. The van der Waals surface area contributed by atoms with E-state index in [4.69, 9.17) is 4.74 Å². The molecule has 0 saturated carbocycles. The van der Waals surface area contributed by atoms with Gasteiger partial charge in [-0.25, -0.2) is 0 Å². The van der Waals surface area contributed by atoms with Gasteiger partial charge in [0.15, 0.2) is 5.82 Å². The molecule has 2 heterocycles. The number of H-pyrrole nitrogens is 1. The first-order valence-corrected chi connectivity index (χ1v) is 6.81. The Bertz CT molecular complexity index is 582. The van der Waals surface area contributed by atoms with E-state index in [0.717, 1.165) is 42.7 Å². The Hall–Kier alpha value is -2.08. The standard InChI is InChI=1S/C14H19N5O/c1-10-9-19(7-6-15-10)14-16-13(17-18-14)11-4-3-5-12(8-11)20-2/h3-5,8,10,15H,6-7,9H2,1-2H3,(H,16,17,18)/t10-/m1/s1. The summed E-state index contributed by atoms with van der Waals surface area (Å²) >= 11 is 0. The number of nitrogens with zero attached hydrogens (tertiary/aromatic N) is 3. The van der Waals surface area contributed by atoms with Crippen LogP contribution in [0.5, 0.6) is 5.75 Å². The van der Waals surface area contributed by atoms with Gasteiger partial charge in [-0.3, -0.25) is 5.10 Å². The summed E-state index contributed by atoms with van der Waals surface area (Å²) in [5.74, 6) is 2.34. The molecule has 0 amide bonds. The first-order chi connectivity index (χ1) is 9.76. The SMILES string of the molecule is COc1cccc(-c2nc(N3CCN[C@H](C)C3)n[nH]2)c1. The Morgan fingerprint density at radius 1 is 1.40 bits per heavy atom. The van der Waals surface area contributed by atoms with Crippen LogP contribution in [0.4, 0.5) is 5.95 Å². The van der Waals surface area contributed by atoms with Crippen LogP contribution in [0.2, 0.25) is 0 Å². The summed E-state index contributed by atoms with van der Waals surface area (Å²) in [6.45, 7) is 4.99. The van der Waals surface area contributed by atoms with E-state index in [9.17, 15) is 0 Å². The van der Waals surface area contributed by atoms with Crippen LogP contribution in [0, 0.1) is 0 Å². The molecule has 2 aromatic rings. The summed E-state index contributed by atoms with van der Waals surface area (Å²) in [6.07, 6.45) is 0. The molecule has 106 valence electrons. The van der Waals surface area contributed by atoms with Crippen molar-refractivity contribution in [3.63, 3.8) is 0 Å². The maximum atomic E-state index is 5.23. The van der Waals surface area contributed by atoms with Gasteiger partial charge >= 0.3 is 0 Å². The molecule has 1 aliphatic rings. The van der Waals surface area contributed by atoms with Gasteiger partial charge in [-0.1, -0.05) is 12.1 Å². The number of rotatable bonds is 3. The Morgan fingerprint density at radius 3 is 3.10 bits per heavy atom. The van der Waals surface area contributed by atoms with Gasteiger partial charge in [-0.15, -0.1) is 5.10 Å². The van der Waals surface area contributed by atoms with Crippen LogP contribution < -0.4 is 15.0 Å². The third-order valence-electron chi connectivity index (χ3n) is 3.47.